The maximum absolute atomic E-state index is 12.5. The zero-order chi connectivity index (χ0) is 20.2. The van der Waals surface area contributed by atoms with E-state index in [0.717, 1.165) is 16.9 Å². The summed E-state index contributed by atoms with van der Waals surface area (Å²) in [7, 11) is 0. The minimum Gasteiger partial charge on any atom is -0.457 e. The molecule has 4 nitrogen and oxygen atoms in total. The smallest absolute Gasteiger partial charge is 0.274 e. The van der Waals surface area contributed by atoms with Crippen LogP contribution in [-0.2, 0) is 11.3 Å². The summed E-state index contributed by atoms with van der Waals surface area (Å²) >= 11 is 11.3. The number of halogens is 1. The minimum absolute atomic E-state index is 0.224. The number of rotatable bonds is 5. The second kappa shape index (κ2) is 8.47. The van der Waals surface area contributed by atoms with Gasteiger partial charge in [0, 0.05) is 5.02 Å². The molecule has 0 bridgehead atoms. The first kappa shape index (κ1) is 19.2. The summed E-state index contributed by atoms with van der Waals surface area (Å²) in [6.07, 6.45) is 1.81. The second-order valence-corrected chi connectivity index (χ2v) is 7.31. The van der Waals surface area contributed by atoms with Crippen molar-refractivity contribution < 1.29 is 9.53 Å². The second-order valence-electron chi connectivity index (χ2n) is 6.49. The average Bonchev–Trinajstić information content (AvgIpc) is 2.98. The Morgan fingerprint density at radius 2 is 1.69 bits per heavy atom. The van der Waals surface area contributed by atoms with Crippen molar-refractivity contribution >= 4 is 40.9 Å². The molecule has 0 aromatic heterocycles. The number of nitrogens with zero attached hydrogens (tertiary/aromatic N) is 1. The third-order valence-corrected chi connectivity index (χ3v) is 4.96. The first-order valence-electron chi connectivity index (χ1n) is 9.00. The van der Waals surface area contributed by atoms with E-state index in [4.69, 9.17) is 28.6 Å². The molecule has 4 rings (SSSR count). The van der Waals surface area contributed by atoms with E-state index in [0.29, 0.717) is 28.1 Å². The standard InChI is InChI=1S/C23H17ClN2O2S/c24-18-11-9-16(10-12-18)15-26-21(22(27)25-23(26)29)14-17-5-4-8-20(13-17)28-19-6-2-1-3-7-19/h1-14H,15H2,(H,25,27,29)/b21-14+. The van der Waals surface area contributed by atoms with Crippen molar-refractivity contribution in [2.24, 2.45) is 0 Å². The van der Waals surface area contributed by atoms with E-state index in [-0.39, 0.29) is 5.91 Å². The molecule has 29 heavy (non-hydrogen) atoms. The first-order valence-corrected chi connectivity index (χ1v) is 9.79. The molecule has 3 aromatic rings. The summed E-state index contributed by atoms with van der Waals surface area (Å²) < 4.78 is 5.88. The van der Waals surface area contributed by atoms with Gasteiger partial charge in [0.1, 0.15) is 17.2 Å². The molecule has 1 fully saturated rings. The van der Waals surface area contributed by atoms with E-state index in [2.05, 4.69) is 5.32 Å². The fourth-order valence-corrected chi connectivity index (χ4v) is 3.37. The summed E-state index contributed by atoms with van der Waals surface area (Å²) in [6, 6.07) is 24.6. The van der Waals surface area contributed by atoms with E-state index in [1.807, 2.05) is 84.9 Å². The highest BCUT2D eigenvalue weighted by atomic mass is 35.5. The molecule has 0 aliphatic carbocycles. The molecule has 6 heteroatoms. The number of benzene rings is 3. The molecular formula is C23H17ClN2O2S. The van der Waals surface area contributed by atoms with Gasteiger partial charge in [-0.05, 0) is 65.8 Å². The van der Waals surface area contributed by atoms with Gasteiger partial charge in [0.2, 0.25) is 0 Å². The summed E-state index contributed by atoms with van der Waals surface area (Å²) in [6.45, 7) is 0.473. The highest BCUT2D eigenvalue weighted by Crippen LogP contribution is 2.25. The highest BCUT2D eigenvalue weighted by Gasteiger charge is 2.30. The summed E-state index contributed by atoms with van der Waals surface area (Å²) in [5, 5.41) is 3.76. The fraction of sp³-hybridized carbons (Fsp3) is 0.0435. The quantitative estimate of drug-likeness (QED) is 0.444. The maximum atomic E-state index is 12.5. The zero-order valence-electron chi connectivity index (χ0n) is 15.3. The molecule has 0 atom stereocenters. The Morgan fingerprint density at radius 3 is 2.45 bits per heavy atom. The lowest BCUT2D eigenvalue weighted by molar-refractivity contribution is -0.115. The van der Waals surface area contributed by atoms with Gasteiger partial charge in [-0.15, -0.1) is 0 Å². The van der Waals surface area contributed by atoms with Crippen molar-refractivity contribution in [3.05, 3.63) is 101 Å². The number of carbonyl (C=O) groups excluding carboxylic acids is 1. The number of amides is 1. The van der Waals surface area contributed by atoms with Gasteiger partial charge < -0.3 is 9.64 Å². The Morgan fingerprint density at radius 1 is 0.966 bits per heavy atom. The fourth-order valence-electron chi connectivity index (χ4n) is 2.98. The van der Waals surface area contributed by atoms with Crippen molar-refractivity contribution in [1.82, 2.24) is 10.2 Å². The molecule has 1 aliphatic rings. The molecule has 0 unspecified atom stereocenters. The van der Waals surface area contributed by atoms with Gasteiger partial charge in [0.05, 0.1) is 6.54 Å². The summed E-state index contributed by atoms with van der Waals surface area (Å²) in [5.74, 6) is 1.22. The van der Waals surface area contributed by atoms with E-state index >= 15 is 0 Å². The lowest BCUT2D eigenvalue weighted by atomic mass is 10.1. The monoisotopic (exact) mass is 420 g/mol. The number of hydrogen-bond donors (Lipinski definition) is 1. The van der Waals surface area contributed by atoms with Crippen LogP contribution in [0.25, 0.3) is 6.08 Å². The molecule has 3 aromatic carbocycles. The number of thiocarbonyl (C=S) groups is 1. The molecule has 1 aliphatic heterocycles. The number of carbonyl (C=O) groups is 1. The average molecular weight is 421 g/mol. The number of nitrogens with one attached hydrogen (secondary N) is 1. The predicted octanol–water partition coefficient (Wildman–Crippen LogP) is 5.39. The van der Waals surface area contributed by atoms with Crippen molar-refractivity contribution in [2.45, 2.75) is 6.54 Å². The van der Waals surface area contributed by atoms with E-state index in [9.17, 15) is 4.79 Å². The third-order valence-electron chi connectivity index (χ3n) is 4.38. The van der Waals surface area contributed by atoms with Crippen molar-refractivity contribution in [1.29, 1.82) is 0 Å². The number of ether oxygens (including phenoxy) is 1. The van der Waals surface area contributed by atoms with Gasteiger partial charge in [0.15, 0.2) is 5.11 Å². The molecule has 0 spiro atoms. The van der Waals surface area contributed by atoms with Gasteiger partial charge in [-0.25, -0.2) is 0 Å². The lowest BCUT2D eigenvalue weighted by Crippen LogP contribution is -2.26. The van der Waals surface area contributed by atoms with Crippen LogP contribution in [0.5, 0.6) is 11.5 Å². The maximum Gasteiger partial charge on any atom is 0.274 e. The van der Waals surface area contributed by atoms with E-state index < -0.39 is 0 Å². The molecule has 144 valence electrons. The summed E-state index contributed by atoms with van der Waals surface area (Å²) in [5.41, 5.74) is 2.33. The van der Waals surface area contributed by atoms with Crippen LogP contribution in [0.3, 0.4) is 0 Å². The van der Waals surface area contributed by atoms with Crippen LogP contribution in [-0.4, -0.2) is 15.9 Å². The van der Waals surface area contributed by atoms with Crippen LogP contribution in [0.4, 0.5) is 0 Å². The highest BCUT2D eigenvalue weighted by molar-refractivity contribution is 7.80. The van der Waals surface area contributed by atoms with E-state index in [1.165, 1.54) is 0 Å². The zero-order valence-corrected chi connectivity index (χ0v) is 16.9. The molecule has 0 saturated carbocycles. The van der Waals surface area contributed by atoms with Crippen LogP contribution >= 0.6 is 23.8 Å². The Hall–Kier alpha value is -3.15. The third kappa shape index (κ3) is 4.65. The lowest BCUT2D eigenvalue weighted by Gasteiger charge is -2.17. The van der Waals surface area contributed by atoms with Crippen LogP contribution in [0.2, 0.25) is 5.02 Å². The summed E-state index contributed by atoms with van der Waals surface area (Å²) in [4.78, 5) is 14.2. The van der Waals surface area contributed by atoms with Gasteiger partial charge in [0.25, 0.3) is 5.91 Å². The Bertz CT molecular complexity index is 1080. The Kier molecular flexibility index (Phi) is 5.60. The molecule has 1 heterocycles. The largest absolute Gasteiger partial charge is 0.457 e. The number of para-hydroxylation sites is 1. The molecule has 0 radical (unpaired) electrons. The van der Waals surface area contributed by atoms with Crippen LogP contribution < -0.4 is 10.1 Å². The van der Waals surface area contributed by atoms with Gasteiger partial charge in [-0.1, -0.05) is 54.1 Å². The molecule has 1 N–H and O–H groups in total. The minimum atomic E-state index is -0.224. The topological polar surface area (TPSA) is 41.6 Å². The Labute approximate surface area is 179 Å². The van der Waals surface area contributed by atoms with Gasteiger partial charge in [-0.2, -0.15) is 0 Å². The van der Waals surface area contributed by atoms with Gasteiger partial charge >= 0.3 is 0 Å². The normalized spacial score (nSPS) is 14.9. The molecule has 1 amide bonds. The number of hydrogen-bond acceptors (Lipinski definition) is 3. The van der Waals surface area contributed by atoms with Crippen LogP contribution in [0.15, 0.2) is 84.6 Å². The van der Waals surface area contributed by atoms with Crippen molar-refractivity contribution in [2.75, 3.05) is 0 Å². The van der Waals surface area contributed by atoms with Crippen LogP contribution in [0, 0.1) is 0 Å². The molecular weight excluding hydrogens is 404 g/mol. The van der Waals surface area contributed by atoms with Crippen molar-refractivity contribution in [3.8, 4) is 11.5 Å². The first-order chi connectivity index (χ1) is 14.1. The van der Waals surface area contributed by atoms with Crippen LogP contribution in [0.1, 0.15) is 11.1 Å². The van der Waals surface area contributed by atoms with Gasteiger partial charge in [-0.3, -0.25) is 10.1 Å². The Balaban J connectivity index is 1.59. The molecule has 1 saturated heterocycles. The SMILES string of the molecule is O=C1NC(=S)N(Cc2ccc(Cl)cc2)/C1=C/c1cccc(Oc2ccccc2)c1. The predicted molar refractivity (Wildman–Crippen MR) is 119 cm³/mol. The van der Waals surface area contributed by atoms with Crippen molar-refractivity contribution in [3.63, 3.8) is 0 Å². The van der Waals surface area contributed by atoms with E-state index in [1.54, 1.807) is 4.90 Å².